The molecule has 0 bridgehead atoms. The van der Waals surface area contributed by atoms with E-state index in [0.717, 1.165) is 31.1 Å². The normalized spacial score (nSPS) is 20.1. The van der Waals surface area contributed by atoms with Gasteiger partial charge in [-0.2, -0.15) is 4.72 Å². The molecule has 2 aliphatic heterocycles. The van der Waals surface area contributed by atoms with Crippen molar-refractivity contribution in [2.24, 2.45) is 0 Å². The molecule has 156 valence electrons. The second-order valence-corrected chi connectivity index (χ2v) is 9.88. The summed E-state index contributed by atoms with van der Waals surface area (Å²) in [5.74, 6) is 0.556. The summed E-state index contributed by atoms with van der Waals surface area (Å²) in [6.07, 6.45) is 2.31. The lowest BCUT2D eigenvalue weighted by molar-refractivity contribution is 0.166. The number of methoxy groups -OCH3 is 1. The topological polar surface area (TPSA) is 70.7 Å². The minimum atomic E-state index is -3.61. The number of anilines is 1. The van der Waals surface area contributed by atoms with Crippen molar-refractivity contribution >= 4 is 27.3 Å². The van der Waals surface area contributed by atoms with Crippen LogP contribution in [-0.4, -0.2) is 45.7 Å². The molecule has 2 aromatic carbocycles. The molecular weight excluding hydrogens is 410 g/mol. The first kappa shape index (κ1) is 20.5. The maximum atomic E-state index is 13.0. The number of rotatable bonds is 4. The van der Waals surface area contributed by atoms with E-state index in [2.05, 4.69) is 27.1 Å². The van der Waals surface area contributed by atoms with Gasteiger partial charge in [0.05, 0.1) is 12.8 Å². The molecule has 0 aromatic heterocycles. The molecule has 6 nitrogen and oxygen atoms in total. The van der Waals surface area contributed by atoms with Crippen LogP contribution in [0.25, 0.3) is 0 Å². The minimum absolute atomic E-state index is 0.285. The van der Waals surface area contributed by atoms with Gasteiger partial charge in [-0.25, -0.2) is 8.42 Å². The van der Waals surface area contributed by atoms with Crippen LogP contribution in [0, 0.1) is 6.92 Å². The van der Waals surface area contributed by atoms with Crippen LogP contribution in [0.5, 0.6) is 5.75 Å². The smallest absolute Gasteiger partial charge is 0.244 e. The van der Waals surface area contributed by atoms with Crippen LogP contribution in [0.1, 0.15) is 24.0 Å². The number of nitrogens with zero attached hydrogens (tertiary/aromatic N) is 1. The van der Waals surface area contributed by atoms with E-state index < -0.39 is 15.7 Å². The highest BCUT2D eigenvalue weighted by molar-refractivity contribution is 7.89. The third-order valence-electron chi connectivity index (χ3n) is 5.84. The third-order valence-corrected chi connectivity index (χ3v) is 7.81. The van der Waals surface area contributed by atoms with E-state index in [0.29, 0.717) is 29.8 Å². The van der Waals surface area contributed by atoms with E-state index in [4.69, 9.17) is 16.3 Å². The molecule has 29 heavy (non-hydrogen) atoms. The summed E-state index contributed by atoms with van der Waals surface area (Å²) in [6.45, 7) is 4.36. The van der Waals surface area contributed by atoms with E-state index in [9.17, 15) is 8.42 Å². The molecule has 2 heterocycles. The zero-order chi connectivity index (χ0) is 20.6. The predicted molar refractivity (Wildman–Crippen MR) is 115 cm³/mol. The third kappa shape index (κ3) is 4.10. The summed E-state index contributed by atoms with van der Waals surface area (Å²) >= 11 is 5.95. The Morgan fingerprint density at radius 2 is 1.83 bits per heavy atom. The summed E-state index contributed by atoms with van der Waals surface area (Å²) < 4.78 is 34.4. The Bertz CT molecular complexity index is 1000. The van der Waals surface area contributed by atoms with Crippen molar-refractivity contribution in [1.82, 2.24) is 9.62 Å². The molecule has 1 spiro atoms. The number of sulfonamides is 1. The van der Waals surface area contributed by atoms with Crippen molar-refractivity contribution in [2.75, 3.05) is 32.1 Å². The summed E-state index contributed by atoms with van der Waals surface area (Å²) in [6, 6.07) is 11.5. The molecule has 0 atom stereocenters. The van der Waals surface area contributed by atoms with Crippen LogP contribution < -0.4 is 14.8 Å². The van der Waals surface area contributed by atoms with Gasteiger partial charge in [0.25, 0.3) is 0 Å². The van der Waals surface area contributed by atoms with Crippen LogP contribution in [0.3, 0.4) is 0 Å². The van der Waals surface area contributed by atoms with E-state index >= 15 is 0 Å². The van der Waals surface area contributed by atoms with Crippen LogP contribution >= 0.6 is 11.6 Å². The van der Waals surface area contributed by atoms with Gasteiger partial charge in [-0.15, -0.1) is 0 Å². The van der Waals surface area contributed by atoms with E-state index in [1.54, 1.807) is 20.1 Å². The number of hydrogen-bond donors (Lipinski definition) is 2. The monoisotopic (exact) mass is 435 g/mol. The van der Waals surface area contributed by atoms with Gasteiger partial charge in [0.1, 0.15) is 16.3 Å². The number of fused-ring (bicyclic) bond motifs is 1. The standard InChI is InChI=1S/C21H26ClN3O3S/c1-15-3-8-18(28-2)19-20(15)29(26,27)24-21(23-19)10-13-25(14-11-21)12-9-16-4-6-17(22)7-5-16/h3-8,23-24H,9-14H2,1-2H3. The first-order chi connectivity index (χ1) is 13.8. The molecule has 2 N–H and O–H groups in total. The van der Waals surface area contributed by atoms with Crippen molar-refractivity contribution in [3.05, 3.63) is 52.5 Å². The summed E-state index contributed by atoms with van der Waals surface area (Å²) in [7, 11) is -2.05. The van der Waals surface area contributed by atoms with Crippen molar-refractivity contribution in [2.45, 2.75) is 36.7 Å². The van der Waals surface area contributed by atoms with Crippen molar-refractivity contribution in [3.8, 4) is 5.75 Å². The van der Waals surface area contributed by atoms with Crippen LogP contribution in [0.15, 0.2) is 41.3 Å². The fourth-order valence-corrected chi connectivity index (χ4v) is 6.11. The number of hydrogen-bond acceptors (Lipinski definition) is 5. The molecule has 4 rings (SSSR count). The molecule has 8 heteroatoms. The first-order valence-corrected chi connectivity index (χ1v) is 11.6. The quantitative estimate of drug-likeness (QED) is 0.770. The molecular formula is C21H26ClN3O3S. The van der Waals surface area contributed by atoms with Gasteiger partial charge in [-0.05, 0) is 55.5 Å². The van der Waals surface area contributed by atoms with E-state index in [1.165, 1.54) is 5.56 Å². The Hall–Kier alpha value is -1.80. The van der Waals surface area contributed by atoms with Gasteiger partial charge in [-0.3, -0.25) is 0 Å². The van der Waals surface area contributed by atoms with Crippen LogP contribution in [0.2, 0.25) is 5.02 Å². The zero-order valence-corrected chi connectivity index (χ0v) is 18.2. The number of ether oxygens (including phenoxy) is 1. The Labute approximate surface area is 177 Å². The molecule has 0 unspecified atom stereocenters. The van der Waals surface area contributed by atoms with Crippen LogP contribution in [-0.2, 0) is 16.4 Å². The Kier molecular flexibility index (Phi) is 5.50. The minimum Gasteiger partial charge on any atom is -0.495 e. The van der Waals surface area contributed by atoms with Crippen LogP contribution in [0.4, 0.5) is 5.69 Å². The van der Waals surface area contributed by atoms with Gasteiger partial charge < -0.3 is 15.0 Å². The second kappa shape index (κ2) is 7.80. The summed E-state index contributed by atoms with van der Waals surface area (Å²) in [5, 5.41) is 4.22. The summed E-state index contributed by atoms with van der Waals surface area (Å²) in [5.41, 5.74) is 1.85. The van der Waals surface area contributed by atoms with Crippen molar-refractivity contribution in [1.29, 1.82) is 0 Å². The largest absolute Gasteiger partial charge is 0.495 e. The SMILES string of the molecule is COc1ccc(C)c2c1NC1(CCN(CCc3ccc(Cl)cc3)CC1)NS2(=O)=O. The number of nitrogens with one attached hydrogen (secondary N) is 2. The molecule has 1 saturated heterocycles. The average molecular weight is 436 g/mol. The summed E-state index contributed by atoms with van der Waals surface area (Å²) in [4.78, 5) is 2.66. The second-order valence-electron chi connectivity index (χ2n) is 7.82. The fraction of sp³-hybridized carbons (Fsp3) is 0.429. The van der Waals surface area contributed by atoms with Gasteiger partial charge >= 0.3 is 0 Å². The maximum Gasteiger partial charge on any atom is 0.244 e. The number of halogens is 1. The van der Waals surface area contributed by atoms with Crippen molar-refractivity contribution < 1.29 is 13.2 Å². The highest BCUT2D eigenvalue weighted by Gasteiger charge is 2.44. The number of aryl methyl sites for hydroxylation is 1. The van der Waals surface area contributed by atoms with Gasteiger partial charge in [0.15, 0.2) is 0 Å². The van der Waals surface area contributed by atoms with E-state index in [1.807, 2.05) is 18.2 Å². The van der Waals surface area contributed by atoms with Gasteiger partial charge in [-0.1, -0.05) is 29.8 Å². The Morgan fingerprint density at radius 1 is 1.14 bits per heavy atom. The highest BCUT2D eigenvalue weighted by Crippen LogP contribution is 2.42. The fourth-order valence-electron chi connectivity index (χ4n) is 4.20. The lowest BCUT2D eigenvalue weighted by atomic mass is 9.96. The number of benzene rings is 2. The molecule has 1 fully saturated rings. The zero-order valence-electron chi connectivity index (χ0n) is 16.7. The lowest BCUT2D eigenvalue weighted by Gasteiger charge is -2.46. The molecule has 0 amide bonds. The van der Waals surface area contributed by atoms with Crippen molar-refractivity contribution in [3.63, 3.8) is 0 Å². The number of likely N-dealkylation sites (tertiary alicyclic amines) is 1. The first-order valence-electron chi connectivity index (χ1n) is 9.78. The van der Waals surface area contributed by atoms with Gasteiger partial charge in [0, 0.05) is 24.7 Å². The van der Waals surface area contributed by atoms with E-state index in [-0.39, 0.29) is 4.90 Å². The maximum absolute atomic E-state index is 13.0. The lowest BCUT2D eigenvalue weighted by Crippen LogP contribution is -2.62. The Balaban J connectivity index is 1.47. The average Bonchev–Trinajstić information content (AvgIpc) is 2.68. The molecule has 0 saturated carbocycles. The molecule has 2 aliphatic rings. The molecule has 0 radical (unpaired) electrons. The highest BCUT2D eigenvalue weighted by atomic mass is 35.5. The predicted octanol–water partition coefficient (Wildman–Crippen LogP) is 3.40. The van der Waals surface area contributed by atoms with Gasteiger partial charge in [0.2, 0.25) is 10.0 Å². The number of piperidine rings is 1. The molecule has 0 aliphatic carbocycles. The Morgan fingerprint density at radius 3 is 2.48 bits per heavy atom. The molecule has 2 aromatic rings.